The third-order valence-corrected chi connectivity index (χ3v) is 4.15. The maximum absolute atomic E-state index is 12.4. The summed E-state index contributed by atoms with van der Waals surface area (Å²) < 4.78 is 5.58. The number of anilines is 2. The van der Waals surface area contributed by atoms with Crippen LogP contribution in [0.3, 0.4) is 0 Å². The SMILES string of the molecule is Cc1cc(C)c(NC(=O)CN(C)C(=O)Nc2ccc(OC(C)C)cc2)c(C)c1. The summed E-state index contributed by atoms with van der Waals surface area (Å²) in [5.74, 6) is 0.498. The van der Waals surface area contributed by atoms with Crippen molar-refractivity contribution in [1.29, 1.82) is 0 Å². The Labute approximate surface area is 166 Å². The van der Waals surface area contributed by atoms with Crippen LogP contribution in [0.4, 0.5) is 16.2 Å². The first-order chi connectivity index (χ1) is 13.2. The number of ether oxygens (including phenoxy) is 1. The van der Waals surface area contributed by atoms with Gasteiger partial charge in [-0.15, -0.1) is 0 Å². The van der Waals surface area contributed by atoms with Gasteiger partial charge in [0.05, 0.1) is 6.10 Å². The number of carbonyl (C=O) groups is 2. The molecule has 150 valence electrons. The van der Waals surface area contributed by atoms with Crippen molar-refractivity contribution in [3.63, 3.8) is 0 Å². The molecule has 2 N–H and O–H groups in total. The summed E-state index contributed by atoms with van der Waals surface area (Å²) in [6.45, 7) is 9.79. The van der Waals surface area contributed by atoms with Crippen LogP contribution in [0.2, 0.25) is 0 Å². The van der Waals surface area contributed by atoms with Crippen molar-refractivity contribution in [3.05, 3.63) is 53.1 Å². The topological polar surface area (TPSA) is 70.7 Å². The van der Waals surface area contributed by atoms with E-state index in [1.807, 2.05) is 46.8 Å². The van der Waals surface area contributed by atoms with Crippen LogP contribution in [0.15, 0.2) is 36.4 Å². The monoisotopic (exact) mass is 383 g/mol. The second-order valence-corrected chi connectivity index (χ2v) is 7.30. The van der Waals surface area contributed by atoms with Crippen LogP contribution >= 0.6 is 0 Å². The molecule has 0 radical (unpaired) electrons. The highest BCUT2D eigenvalue weighted by molar-refractivity contribution is 5.97. The number of likely N-dealkylation sites (N-methyl/N-ethyl adjacent to an activating group) is 1. The van der Waals surface area contributed by atoms with Crippen LogP contribution in [0.5, 0.6) is 5.75 Å². The molecule has 2 aromatic carbocycles. The summed E-state index contributed by atoms with van der Waals surface area (Å²) in [6, 6.07) is 10.8. The van der Waals surface area contributed by atoms with Gasteiger partial charge in [0.2, 0.25) is 5.91 Å². The average Bonchev–Trinajstić information content (AvgIpc) is 2.59. The van der Waals surface area contributed by atoms with Crippen LogP contribution in [0.25, 0.3) is 0 Å². The van der Waals surface area contributed by atoms with Crippen molar-refractivity contribution in [2.45, 2.75) is 40.7 Å². The average molecular weight is 383 g/mol. The number of carbonyl (C=O) groups excluding carboxylic acids is 2. The summed E-state index contributed by atoms with van der Waals surface area (Å²) in [4.78, 5) is 26.1. The van der Waals surface area contributed by atoms with Crippen molar-refractivity contribution >= 4 is 23.3 Å². The smallest absolute Gasteiger partial charge is 0.322 e. The number of rotatable bonds is 6. The van der Waals surface area contributed by atoms with E-state index in [0.29, 0.717) is 5.69 Å². The number of nitrogens with zero attached hydrogens (tertiary/aromatic N) is 1. The predicted molar refractivity (Wildman–Crippen MR) is 113 cm³/mol. The number of amides is 3. The summed E-state index contributed by atoms with van der Waals surface area (Å²) in [5, 5.41) is 5.68. The number of hydrogen-bond acceptors (Lipinski definition) is 3. The molecule has 0 atom stereocenters. The molecule has 0 aliphatic carbocycles. The molecule has 0 unspecified atom stereocenters. The van der Waals surface area contributed by atoms with Crippen molar-refractivity contribution in [3.8, 4) is 5.75 Å². The minimum atomic E-state index is -0.356. The Kier molecular flexibility index (Phi) is 7.04. The molecular weight excluding hydrogens is 354 g/mol. The fourth-order valence-corrected chi connectivity index (χ4v) is 2.95. The van der Waals surface area contributed by atoms with E-state index >= 15 is 0 Å². The van der Waals surface area contributed by atoms with Crippen LogP contribution in [-0.4, -0.2) is 36.5 Å². The molecule has 28 heavy (non-hydrogen) atoms. The molecule has 0 spiro atoms. The van der Waals surface area contributed by atoms with E-state index in [4.69, 9.17) is 4.74 Å². The Balaban J connectivity index is 1.92. The first kappa shape index (κ1) is 21.3. The predicted octanol–water partition coefficient (Wildman–Crippen LogP) is 4.50. The van der Waals surface area contributed by atoms with E-state index in [0.717, 1.165) is 28.1 Å². The number of urea groups is 1. The molecule has 3 amide bonds. The Morgan fingerprint density at radius 3 is 2.11 bits per heavy atom. The zero-order valence-electron chi connectivity index (χ0n) is 17.4. The lowest BCUT2D eigenvalue weighted by molar-refractivity contribution is -0.116. The fraction of sp³-hybridized carbons (Fsp3) is 0.364. The number of benzene rings is 2. The summed E-state index contributed by atoms with van der Waals surface area (Å²) in [7, 11) is 1.58. The molecule has 0 aliphatic rings. The largest absolute Gasteiger partial charge is 0.491 e. The molecule has 0 saturated heterocycles. The van der Waals surface area contributed by atoms with Crippen molar-refractivity contribution < 1.29 is 14.3 Å². The van der Waals surface area contributed by atoms with Gasteiger partial charge in [-0.3, -0.25) is 4.79 Å². The van der Waals surface area contributed by atoms with Gasteiger partial charge in [0.1, 0.15) is 12.3 Å². The third-order valence-electron chi connectivity index (χ3n) is 4.15. The normalized spacial score (nSPS) is 10.5. The van der Waals surface area contributed by atoms with Crippen LogP contribution in [-0.2, 0) is 4.79 Å². The molecule has 0 saturated carbocycles. The van der Waals surface area contributed by atoms with E-state index in [-0.39, 0.29) is 24.6 Å². The first-order valence-electron chi connectivity index (χ1n) is 9.32. The van der Waals surface area contributed by atoms with Gasteiger partial charge in [-0.1, -0.05) is 17.7 Å². The maximum Gasteiger partial charge on any atom is 0.322 e. The zero-order valence-corrected chi connectivity index (χ0v) is 17.4. The molecule has 0 bridgehead atoms. The van der Waals surface area contributed by atoms with Crippen LogP contribution < -0.4 is 15.4 Å². The van der Waals surface area contributed by atoms with Crippen molar-refractivity contribution in [1.82, 2.24) is 4.90 Å². The third kappa shape index (κ3) is 6.01. The Hall–Kier alpha value is -3.02. The van der Waals surface area contributed by atoms with E-state index in [1.165, 1.54) is 4.90 Å². The lowest BCUT2D eigenvalue weighted by Gasteiger charge is -2.19. The second-order valence-electron chi connectivity index (χ2n) is 7.30. The number of hydrogen-bond donors (Lipinski definition) is 2. The standard InChI is InChI=1S/C22H29N3O3/c1-14(2)28-19-9-7-18(8-10-19)23-22(27)25(6)13-20(26)24-21-16(4)11-15(3)12-17(21)5/h7-12,14H,13H2,1-6H3,(H,23,27)(H,24,26). The number of nitrogens with one attached hydrogen (secondary N) is 2. The van der Waals surface area contributed by atoms with Gasteiger partial charge in [0.25, 0.3) is 0 Å². The van der Waals surface area contributed by atoms with Gasteiger partial charge >= 0.3 is 6.03 Å². The quantitative estimate of drug-likeness (QED) is 0.771. The van der Waals surface area contributed by atoms with Gasteiger partial charge in [-0.2, -0.15) is 0 Å². The van der Waals surface area contributed by atoms with Gasteiger partial charge < -0.3 is 20.3 Å². The Morgan fingerprint density at radius 1 is 1.00 bits per heavy atom. The highest BCUT2D eigenvalue weighted by Gasteiger charge is 2.15. The summed E-state index contributed by atoms with van der Waals surface area (Å²) in [5.41, 5.74) is 4.58. The fourth-order valence-electron chi connectivity index (χ4n) is 2.95. The minimum Gasteiger partial charge on any atom is -0.491 e. The van der Waals surface area contributed by atoms with Gasteiger partial charge in [-0.05, 0) is 70.0 Å². The van der Waals surface area contributed by atoms with E-state index in [9.17, 15) is 9.59 Å². The molecule has 0 fully saturated rings. The lowest BCUT2D eigenvalue weighted by atomic mass is 10.1. The first-order valence-corrected chi connectivity index (χ1v) is 9.32. The highest BCUT2D eigenvalue weighted by Crippen LogP contribution is 2.22. The van der Waals surface area contributed by atoms with Crippen molar-refractivity contribution in [2.75, 3.05) is 24.2 Å². The van der Waals surface area contributed by atoms with E-state index in [2.05, 4.69) is 10.6 Å². The second kappa shape index (κ2) is 9.26. The molecule has 0 heterocycles. The van der Waals surface area contributed by atoms with Crippen molar-refractivity contribution in [2.24, 2.45) is 0 Å². The Bertz CT molecular complexity index is 822. The van der Waals surface area contributed by atoms with E-state index < -0.39 is 0 Å². The molecule has 6 heteroatoms. The molecule has 0 aromatic heterocycles. The van der Waals surface area contributed by atoms with Gasteiger partial charge in [0.15, 0.2) is 0 Å². The zero-order chi connectivity index (χ0) is 20.8. The van der Waals surface area contributed by atoms with Gasteiger partial charge in [-0.25, -0.2) is 4.79 Å². The van der Waals surface area contributed by atoms with E-state index in [1.54, 1.807) is 31.3 Å². The maximum atomic E-state index is 12.4. The molecular formula is C22H29N3O3. The molecule has 2 aromatic rings. The van der Waals surface area contributed by atoms with Crippen LogP contribution in [0, 0.1) is 20.8 Å². The molecule has 2 rings (SSSR count). The molecule has 0 aliphatic heterocycles. The highest BCUT2D eigenvalue weighted by atomic mass is 16.5. The van der Waals surface area contributed by atoms with Gasteiger partial charge in [0, 0.05) is 18.4 Å². The lowest BCUT2D eigenvalue weighted by Crippen LogP contribution is -2.37. The summed E-state index contributed by atoms with van der Waals surface area (Å²) >= 11 is 0. The molecule has 6 nitrogen and oxygen atoms in total. The number of aryl methyl sites for hydroxylation is 3. The Morgan fingerprint density at radius 2 is 1.57 bits per heavy atom. The van der Waals surface area contributed by atoms with Crippen LogP contribution in [0.1, 0.15) is 30.5 Å². The minimum absolute atomic E-state index is 0.0485. The summed E-state index contributed by atoms with van der Waals surface area (Å²) in [6.07, 6.45) is 0.0888.